The van der Waals surface area contributed by atoms with Crippen molar-refractivity contribution in [3.63, 3.8) is 0 Å². The van der Waals surface area contributed by atoms with Gasteiger partial charge in [-0.3, -0.25) is 19.3 Å². The van der Waals surface area contributed by atoms with E-state index in [2.05, 4.69) is 25.8 Å². The van der Waals surface area contributed by atoms with Gasteiger partial charge < -0.3 is 31.1 Å². The average molecular weight is 598 g/mol. The normalized spacial score (nSPS) is 33.3. The van der Waals surface area contributed by atoms with E-state index < -0.39 is 12.2 Å². The number of nitrogens with zero attached hydrogens (tertiary/aromatic N) is 2. The Kier molecular flexibility index (Phi) is 11.5. The number of benzene rings is 1. The summed E-state index contributed by atoms with van der Waals surface area (Å²) in [6.45, 7) is 4.04. The molecule has 0 radical (unpaired) electrons. The maximum atomic E-state index is 13.6. The molecule has 2 bridgehead atoms. The van der Waals surface area contributed by atoms with Crippen molar-refractivity contribution in [1.29, 1.82) is 0 Å². The quantitative estimate of drug-likeness (QED) is 0.357. The Morgan fingerprint density at radius 2 is 1.53 bits per heavy atom. The Morgan fingerprint density at radius 3 is 2.33 bits per heavy atom. The van der Waals surface area contributed by atoms with Gasteiger partial charge in [-0.25, -0.2) is 0 Å². The first-order valence-corrected chi connectivity index (χ1v) is 16.6. The molecule has 10 nitrogen and oxygen atoms in total. The van der Waals surface area contributed by atoms with Crippen molar-refractivity contribution in [2.24, 2.45) is 11.8 Å². The zero-order valence-electron chi connectivity index (χ0n) is 25.5. The molecule has 1 aromatic carbocycles. The number of hydrogen-bond acceptors (Lipinski definition) is 7. The Bertz CT molecular complexity index is 1070. The lowest BCUT2D eigenvalue weighted by atomic mass is 9.80. The second-order valence-electron chi connectivity index (χ2n) is 13.3. The summed E-state index contributed by atoms with van der Waals surface area (Å²) < 4.78 is 0. The molecule has 0 aromatic heterocycles. The van der Waals surface area contributed by atoms with E-state index in [9.17, 15) is 24.6 Å². The summed E-state index contributed by atoms with van der Waals surface area (Å²) >= 11 is 0. The predicted octanol–water partition coefficient (Wildman–Crippen LogP) is 1.54. The van der Waals surface area contributed by atoms with Crippen molar-refractivity contribution in [3.05, 3.63) is 35.9 Å². The van der Waals surface area contributed by atoms with Gasteiger partial charge in [0.05, 0.1) is 24.7 Å². The molecule has 3 heterocycles. The number of likely N-dealkylation sites (tertiary alicyclic amines) is 2. The van der Waals surface area contributed by atoms with Crippen LogP contribution in [0.5, 0.6) is 0 Å². The van der Waals surface area contributed by atoms with E-state index in [0.717, 1.165) is 31.5 Å². The number of hydrogen-bond donors (Lipinski definition) is 5. The first-order chi connectivity index (χ1) is 20.8. The van der Waals surface area contributed by atoms with Gasteiger partial charge in [0.15, 0.2) is 0 Å². The van der Waals surface area contributed by atoms with Crippen molar-refractivity contribution in [1.82, 2.24) is 25.8 Å². The van der Waals surface area contributed by atoms with Crippen LogP contribution < -0.4 is 16.0 Å². The predicted molar refractivity (Wildman–Crippen MR) is 164 cm³/mol. The number of nitrogens with one attached hydrogen (secondary N) is 3. The van der Waals surface area contributed by atoms with Crippen LogP contribution in [0.3, 0.4) is 0 Å². The fourth-order valence-corrected chi connectivity index (χ4v) is 7.78. The zero-order valence-corrected chi connectivity index (χ0v) is 25.5. The van der Waals surface area contributed by atoms with Crippen LogP contribution in [0.4, 0.5) is 0 Å². The highest BCUT2D eigenvalue weighted by Crippen LogP contribution is 2.34. The van der Waals surface area contributed by atoms with Crippen molar-refractivity contribution in [2.75, 3.05) is 32.7 Å². The number of fused-ring (bicyclic) bond motifs is 3. The lowest BCUT2D eigenvalue weighted by Crippen LogP contribution is -2.48. The molecular weight excluding hydrogens is 546 g/mol. The smallest absolute Gasteiger partial charge is 0.237 e. The van der Waals surface area contributed by atoms with Crippen LogP contribution >= 0.6 is 0 Å². The molecule has 3 amide bonds. The minimum absolute atomic E-state index is 0.0107. The summed E-state index contributed by atoms with van der Waals surface area (Å²) in [5, 5.41) is 30.1. The summed E-state index contributed by atoms with van der Waals surface area (Å²) in [7, 11) is 0. The average Bonchev–Trinajstić information content (AvgIpc) is 3.64. The monoisotopic (exact) mass is 597 g/mol. The van der Waals surface area contributed by atoms with E-state index in [-0.39, 0.29) is 48.6 Å². The molecule has 3 saturated heterocycles. The third-order valence-electron chi connectivity index (χ3n) is 10.1. The first kappa shape index (κ1) is 31.9. The summed E-state index contributed by atoms with van der Waals surface area (Å²) in [6, 6.07) is 10.1. The Morgan fingerprint density at radius 1 is 0.767 bits per heavy atom. The summed E-state index contributed by atoms with van der Waals surface area (Å²) in [6.07, 6.45) is 6.34. The molecule has 238 valence electrons. The van der Waals surface area contributed by atoms with Gasteiger partial charge in [0.2, 0.25) is 17.7 Å². The fraction of sp³-hybridized carbons (Fsp3) is 0.727. The number of rotatable bonds is 3. The molecule has 1 saturated carbocycles. The molecule has 4 fully saturated rings. The van der Waals surface area contributed by atoms with Gasteiger partial charge in [-0.2, -0.15) is 0 Å². The third-order valence-corrected chi connectivity index (χ3v) is 10.1. The molecule has 0 spiro atoms. The molecule has 3 aliphatic heterocycles. The number of piperidine rings is 1. The minimum atomic E-state index is -0.983. The second-order valence-corrected chi connectivity index (χ2v) is 13.3. The van der Waals surface area contributed by atoms with Gasteiger partial charge in [-0.1, -0.05) is 43.2 Å². The van der Waals surface area contributed by atoms with Gasteiger partial charge >= 0.3 is 0 Å². The highest BCUT2D eigenvalue weighted by atomic mass is 16.3. The highest BCUT2D eigenvalue weighted by molar-refractivity contribution is 5.82. The van der Waals surface area contributed by atoms with E-state index in [4.69, 9.17) is 0 Å². The van der Waals surface area contributed by atoms with E-state index in [1.54, 1.807) is 0 Å². The second kappa shape index (κ2) is 15.5. The van der Waals surface area contributed by atoms with Crippen LogP contribution in [0.25, 0.3) is 0 Å². The number of aliphatic hydroxyl groups excluding tert-OH is 2. The number of carbonyl (C=O) groups is 3. The molecule has 5 N–H and O–H groups in total. The van der Waals surface area contributed by atoms with Crippen molar-refractivity contribution < 1.29 is 24.6 Å². The SMILES string of the molecule is O=C1C[C@@H]2CCN(C3CCCC3)C[C@@H]2CCNC(=O)[C@H]2C[C@@H](CN2Cc2ccccc2)NC(=O)C[C@H](O)C[C@H](O)CCN1. The summed E-state index contributed by atoms with van der Waals surface area (Å²) in [5.41, 5.74) is 1.11. The third kappa shape index (κ3) is 9.23. The van der Waals surface area contributed by atoms with Gasteiger partial charge in [0.25, 0.3) is 0 Å². The molecule has 6 atom stereocenters. The van der Waals surface area contributed by atoms with E-state index in [1.807, 2.05) is 30.3 Å². The van der Waals surface area contributed by atoms with Crippen molar-refractivity contribution in [2.45, 2.75) is 108 Å². The molecule has 0 unspecified atom stereocenters. The van der Waals surface area contributed by atoms with E-state index in [1.165, 1.54) is 25.7 Å². The minimum Gasteiger partial charge on any atom is -0.393 e. The Hall–Kier alpha value is -2.53. The summed E-state index contributed by atoms with van der Waals surface area (Å²) in [5.74, 6) is 0.255. The zero-order chi connectivity index (χ0) is 30.2. The van der Waals surface area contributed by atoms with Gasteiger partial charge in [0, 0.05) is 51.2 Å². The van der Waals surface area contributed by atoms with Crippen LogP contribution in [0.1, 0.15) is 76.2 Å². The molecule has 10 heteroatoms. The molecule has 43 heavy (non-hydrogen) atoms. The largest absolute Gasteiger partial charge is 0.393 e. The molecule has 4 aliphatic rings. The lowest BCUT2D eigenvalue weighted by molar-refractivity contribution is -0.126. The first-order valence-electron chi connectivity index (χ1n) is 16.6. The highest BCUT2D eigenvalue weighted by Gasteiger charge is 2.38. The summed E-state index contributed by atoms with van der Waals surface area (Å²) in [4.78, 5) is 44.0. The number of aliphatic hydroxyl groups is 2. The number of carbonyl (C=O) groups excluding carboxylic acids is 3. The van der Waals surface area contributed by atoms with Gasteiger partial charge in [-0.05, 0) is 68.9 Å². The Balaban J connectivity index is 1.28. The van der Waals surface area contributed by atoms with Gasteiger partial charge in [-0.15, -0.1) is 0 Å². The van der Waals surface area contributed by atoms with Crippen LogP contribution in [-0.4, -0.2) is 101 Å². The van der Waals surface area contributed by atoms with Crippen molar-refractivity contribution in [3.8, 4) is 0 Å². The molecule has 1 aromatic rings. The van der Waals surface area contributed by atoms with Gasteiger partial charge in [0.1, 0.15) is 0 Å². The standard InChI is InChI=1S/C33H51N5O5/c39-28-11-14-34-31(41)16-24-12-15-37(27-8-4-5-9-27)21-25(24)10-13-35-33(43)30-17-26(36-32(42)19-29(40)18-28)22-38(30)20-23-6-2-1-3-7-23/h1-3,6-7,24-30,39-40H,4-5,8-22H2,(H,34,41)(H,35,43)(H,36,42)/t24-,25-,26-,28+,29+,30+/m0/s1. The lowest BCUT2D eigenvalue weighted by Gasteiger charge is -2.41. The van der Waals surface area contributed by atoms with Crippen LogP contribution in [0.15, 0.2) is 30.3 Å². The molecular formula is C33H51N5O5. The maximum Gasteiger partial charge on any atom is 0.237 e. The maximum absolute atomic E-state index is 13.6. The number of amides is 3. The fourth-order valence-electron chi connectivity index (χ4n) is 7.78. The Labute approximate surface area is 256 Å². The van der Waals surface area contributed by atoms with Crippen LogP contribution in [0, 0.1) is 11.8 Å². The van der Waals surface area contributed by atoms with E-state index >= 15 is 0 Å². The van der Waals surface area contributed by atoms with E-state index in [0.29, 0.717) is 57.4 Å². The van der Waals surface area contributed by atoms with Crippen molar-refractivity contribution >= 4 is 17.7 Å². The molecule has 1 aliphatic carbocycles. The van der Waals surface area contributed by atoms with Crippen LogP contribution in [0.2, 0.25) is 0 Å². The molecule has 5 rings (SSSR count). The topological polar surface area (TPSA) is 134 Å². The van der Waals surface area contributed by atoms with Crippen LogP contribution in [-0.2, 0) is 20.9 Å².